The molecule has 0 unspecified atom stereocenters. The molecule has 39 heavy (non-hydrogen) atoms. The minimum Gasteiger partial charge on any atom is -0.344 e. The van der Waals surface area contributed by atoms with Crippen molar-refractivity contribution in [2.75, 3.05) is 6.54 Å². The van der Waals surface area contributed by atoms with Crippen molar-refractivity contribution in [3.8, 4) is 11.8 Å². The summed E-state index contributed by atoms with van der Waals surface area (Å²) in [6, 6.07) is 13.5. The third-order valence-electron chi connectivity index (χ3n) is 6.20. The van der Waals surface area contributed by atoms with E-state index in [-0.39, 0.29) is 24.5 Å². The molecule has 206 valence electrons. The summed E-state index contributed by atoms with van der Waals surface area (Å²) in [5, 5.41) is 10.1. The summed E-state index contributed by atoms with van der Waals surface area (Å²) in [5.41, 5.74) is 4.39. The van der Waals surface area contributed by atoms with Gasteiger partial charge in [-0.1, -0.05) is 93.4 Å². The fourth-order valence-corrected chi connectivity index (χ4v) is 4.40. The number of hydrogen-bond acceptors (Lipinski definition) is 4. The zero-order chi connectivity index (χ0) is 28.8. The number of carbonyl (C=O) groups excluding carboxylic acids is 3. The Bertz CT molecular complexity index is 1280. The molecular weight excluding hydrogens is 506 g/mol. The number of aryl methyl sites for hydroxylation is 2. The molecule has 1 aliphatic rings. The Morgan fingerprint density at radius 1 is 1.05 bits per heavy atom. The predicted octanol–water partition coefficient (Wildman–Crippen LogP) is 5.52. The van der Waals surface area contributed by atoms with E-state index in [0.29, 0.717) is 16.0 Å². The molecule has 0 bridgehead atoms. The number of amides is 3. The number of benzene rings is 2. The summed E-state index contributed by atoms with van der Waals surface area (Å²) in [5.74, 6) is 3.80. The minimum atomic E-state index is -0.788. The van der Waals surface area contributed by atoms with Crippen molar-refractivity contribution >= 4 is 29.5 Å². The molecule has 7 heteroatoms. The molecule has 2 aromatic carbocycles. The van der Waals surface area contributed by atoms with Crippen LogP contribution in [0.5, 0.6) is 0 Å². The first kappa shape index (κ1) is 31.5. The average Bonchev–Trinajstić information content (AvgIpc) is 3.74. The number of hydrogen-bond donors (Lipinski definition) is 3. The van der Waals surface area contributed by atoms with E-state index in [4.69, 9.17) is 0 Å². The van der Waals surface area contributed by atoms with Gasteiger partial charge in [-0.05, 0) is 66.8 Å². The topological polar surface area (TPSA) is 87.3 Å². The zero-order valence-corrected chi connectivity index (χ0v) is 24.4. The summed E-state index contributed by atoms with van der Waals surface area (Å²) < 4.78 is 0. The van der Waals surface area contributed by atoms with Crippen LogP contribution in [0.1, 0.15) is 73.1 Å². The maximum atomic E-state index is 13.2. The molecular formula is C32H39N3O3S. The van der Waals surface area contributed by atoms with Crippen LogP contribution in [-0.4, -0.2) is 24.3 Å². The van der Waals surface area contributed by atoms with Gasteiger partial charge in [0.05, 0.1) is 17.0 Å². The summed E-state index contributed by atoms with van der Waals surface area (Å²) in [4.78, 5) is 38.3. The molecule has 3 N–H and O–H groups in total. The van der Waals surface area contributed by atoms with Crippen molar-refractivity contribution in [3.05, 3.63) is 93.2 Å². The highest BCUT2D eigenvalue weighted by atomic mass is 32.2. The Balaban J connectivity index is 0.00000260. The Morgan fingerprint density at radius 3 is 2.38 bits per heavy atom. The quantitative estimate of drug-likeness (QED) is 0.286. The zero-order valence-electron chi connectivity index (χ0n) is 23.6. The van der Waals surface area contributed by atoms with E-state index < -0.39 is 11.8 Å². The van der Waals surface area contributed by atoms with Crippen molar-refractivity contribution in [1.29, 1.82) is 0 Å². The SMILES string of the molecule is C=C(C#CCNC(=O)C(=O)NCc1ccccc1C(=O)NC1(c2ccc(CC)c(C)c2)CC1)S/C=C\C.CC. The summed E-state index contributed by atoms with van der Waals surface area (Å²) >= 11 is 1.39. The van der Waals surface area contributed by atoms with Crippen molar-refractivity contribution in [3.63, 3.8) is 0 Å². The second-order valence-electron chi connectivity index (χ2n) is 8.87. The first-order chi connectivity index (χ1) is 18.8. The molecule has 6 nitrogen and oxygen atoms in total. The van der Waals surface area contributed by atoms with Crippen LogP contribution in [-0.2, 0) is 28.1 Å². The van der Waals surface area contributed by atoms with E-state index in [1.54, 1.807) is 24.3 Å². The minimum absolute atomic E-state index is 0.0292. The lowest BCUT2D eigenvalue weighted by atomic mass is 9.97. The van der Waals surface area contributed by atoms with Crippen molar-refractivity contribution in [1.82, 2.24) is 16.0 Å². The lowest BCUT2D eigenvalue weighted by molar-refractivity contribution is -0.139. The van der Waals surface area contributed by atoms with E-state index in [2.05, 4.69) is 66.4 Å². The molecule has 1 aliphatic carbocycles. The van der Waals surface area contributed by atoms with Crippen molar-refractivity contribution in [2.45, 2.75) is 66.0 Å². The monoisotopic (exact) mass is 545 g/mol. The van der Waals surface area contributed by atoms with Crippen LogP contribution in [0, 0.1) is 18.8 Å². The molecule has 1 fully saturated rings. The van der Waals surface area contributed by atoms with Crippen LogP contribution in [0.25, 0.3) is 0 Å². The maximum Gasteiger partial charge on any atom is 0.310 e. The van der Waals surface area contributed by atoms with Crippen LogP contribution < -0.4 is 16.0 Å². The van der Waals surface area contributed by atoms with Gasteiger partial charge in [-0.2, -0.15) is 0 Å². The van der Waals surface area contributed by atoms with Crippen LogP contribution in [0.4, 0.5) is 0 Å². The van der Waals surface area contributed by atoms with E-state index >= 15 is 0 Å². The molecule has 3 rings (SSSR count). The van der Waals surface area contributed by atoms with E-state index in [1.165, 1.54) is 22.9 Å². The van der Waals surface area contributed by atoms with Crippen LogP contribution >= 0.6 is 11.8 Å². The van der Waals surface area contributed by atoms with Gasteiger partial charge in [0.1, 0.15) is 0 Å². The number of rotatable bonds is 9. The molecule has 0 radical (unpaired) electrons. The average molecular weight is 546 g/mol. The van der Waals surface area contributed by atoms with Gasteiger partial charge in [-0.15, -0.1) is 0 Å². The second-order valence-corrected chi connectivity index (χ2v) is 9.87. The Morgan fingerprint density at radius 2 is 1.74 bits per heavy atom. The molecule has 0 atom stereocenters. The molecule has 0 saturated heterocycles. The van der Waals surface area contributed by atoms with E-state index in [1.807, 2.05) is 32.3 Å². The highest BCUT2D eigenvalue weighted by Crippen LogP contribution is 2.46. The van der Waals surface area contributed by atoms with Gasteiger partial charge in [0.25, 0.3) is 5.91 Å². The molecule has 0 heterocycles. The van der Waals surface area contributed by atoms with E-state index in [0.717, 1.165) is 24.8 Å². The number of carbonyl (C=O) groups is 3. The lowest BCUT2D eigenvalue weighted by Crippen LogP contribution is -2.40. The lowest BCUT2D eigenvalue weighted by Gasteiger charge is -2.20. The predicted molar refractivity (Wildman–Crippen MR) is 161 cm³/mol. The molecule has 1 saturated carbocycles. The third kappa shape index (κ3) is 9.19. The van der Waals surface area contributed by atoms with Gasteiger partial charge in [-0.25, -0.2) is 0 Å². The molecule has 0 spiro atoms. The Hall–Kier alpha value is -3.76. The van der Waals surface area contributed by atoms with Gasteiger partial charge >= 0.3 is 11.8 Å². The van der Waals surface area contributed by atoms with Crippen LogP contribution in [0.15, 0.2) is 65.4 Å². The Kier molecular flexibility index (Phi) is 12.6. The number of thioether (sulfide) groups is 1. The van der Waals surface area contributed by atoms with Gasteiger partial charge in [-0.3, -0.25) is 14.4 Å². The third-order valence-corrected chi connectivity index (χ3v) is 6.99. The summed E-state index contributed by atoms with van der Waals surface area (Å²) in [6.45, 7) is 14.0. The van der Waals surface area contributed by atoms with E-state index in [9.17, 15) is 14.4 Å². The highest BCUT2D eigenvalue weighted by Gasteiger charge is 2.46. The first-order valence-electron chi connectivity index (χ1n) is 13.3. The highest BCUT2D eigenvalue weighted by molar-refractivity contribution is 8.06. The molecule has 2 aromatic rings. The molecule has 0 aromatic heterocycles. The first-order valence-corrected chi connectivity index (χ1v) is 14.2. The number of nitrogens with one attached hydrogen (secondary N) is 3. The Labute approximate surface area is 237 Å². The summed E-state index contributed by atoms with van der Waals surface area (Å²) in [7, 11) is 0. The van der Waals surface area contributed by atoms with Crippen molar-refractivity contribution in [2.24, 2.45) is 0 Å². The van der Waals surface area contributed by atoms with Gasteiger partial charge in [0, 0.05) is 12.1 Å². The van der Waals surface area contributed by atoms with Gasteiger partial charge < -0.3 is 16.0 Å². The molecule has 0 aliphatic heterocycles. The van der Waals surface area contributed by atoms with Gasteiger partial charge in [0.2, 0.25) is 0 Å². The fourth-order valence-electron chi connectivity index (χ4n) is 3.96. The summed E-state index contributed by atoms with van der Waals surface area (Å²) in [6.07, 6.45) is 4.61. The maximum absolute atomic E-state index is 13.2. The largest absolute Gasteiger partial charge is 0.344 e. The van der Waals surface area contributed by atoms with Crippen LogP contribution in [0.2, 0.25) is 0 Å². The van der Waals surface area contributed by atoms with Gasteiger partial charge in [0.15, 0.2) is 0 Å². The second kappa shape index (κ2) is 15.6. The molecule has 3 amide bonds. The number of allylic oxidation sites excluding steroid dienone is 2. The van der Waals surface area contributed by atoms with Crippen LogP contribution in [0.3, 0.4) is 0 Å². The standard InChI is InChI=1S/C30H33N3O3S.C2H6/c1-5-18-37-22(4)10-9-17-31-28(35)29(36)32-20-24-11-7-8-12-26(24)27(34)33-30(15-16-30)25-14-13-23(6-2)21(3)19-25;1-2/h5,7-8,11-14,18-19H,4,6,15-17,20H2,1-3H3,(H,31,35)(H,32,36)(H,33,34);1-2H3/b18-5-;. The normalized spacial score (nSPS) is 12.7. The van der Waals surface area contributed by atoms with Crippen molar-refractivity contribution < 1.29 is 14.4 Å². The smallest absolute Gasteiger partial charge is 0.310 e. The fraction of sp³-hybridized carbons (Fsp3) is 0.344.